The fourth-order valence-corrected chi connectivity index (χ4v) is 5.97. The Morgan fingerprint density at radius 1 is 1.03 bits per heavy atom. The summed E-state index contributed by atoms with van der Waals surface area (Å²) in [5.74, 6) is 2.43. The van der Waals surface area contributed by atoms with Crippen LogP contribution in [0.5, 0.6) is 0 Å². The largest absolute Gasteiger partial charge is 0.381 e. The van der Waals surface area contributed by atoms with Crippen molar-refractivity contribution in [3.05, 3.63) is 58.7 Å². The maximum Gasteiger partial charge on any atom is 0.0468 e. The highest BCUT2D eigenvalue weighted by Gasteiger charge is 2.35. The molecule has 1 aromatic rings. The van der Waals surface area contributed by atoms with Crippen molar-refractivity contribution in [1.29, 1.82) is 0 Å². The third kappa shape index (κ3) is 5.83. The Hall–Kier alpha value is -1.09. The van der Waals surface area contributed by atoms with E-state index in [1.807, 2.05) is 12.1 Å². The summed E-state index contributed by atoms with van der Waals surface area (Å²) < 4.78 is 5.61. The SMILES string of the molecule is CC1C=CC(C(CC(C)(C)c2ccc(Cl)cc2)N2CCC(C3CCOCC3)CC2)=CC1. The van der Waals surface area contributed by atoms with E-state index in [4.69, 9.17) is 16.3 Å². The fraction of sp³-hybridized carbons (Fsp3) is 0.643. The van der Waals surface area contributed by atoms with Crippen LogP contribution in [0.15, 0.2) is 48.1 Å². The predicted molar refractivity (Wildman–Crippen MR) is 132 cm³/mol. The topological polar surface area (TPSA) is 12.5 Å². The van der Waals surface area contributed by atoms with Crippen molar-refractivity contribution in [2.75, 3.05) is 26.3 Å². The van der Waals surface area contributed by atoms with Crippen molar-refractivity contribution in [1.82, 2.24) is 4.90 Å². The minimum Gasteiger partial charge on any atom is -0.381 e. The summed E-state index contributed by atoms with van der Waals surface area (Å²) in [6.45, 7) is 11.5. The lowest BCUT2D eigenvalue weighted by Crippen LogP contribution is -2.46. The van der Waals surface area contributed by atoms with E-state index in [-0.39, 0.29) is 5.41 Å². The van der Waals surface area contributed by atoms with Crippen LogP contribution in [0.1, 0.15) is 64.9 Å². The van der Waals surface area contributed by atoms with E-state index in [9.17, 15) is 0 Å². The van der Waals surface area contributed by atoms with Gasteiger partial charge in [-0.15, -0.1) is 0 Å². The van der Waals surface area contributed by atoms with Gasteiger partial charge in [0, 0.05) is 24.3 Å². The Kier molecular flexibility index (Phi) is 7.62. The highest BCUT2D eigenvalue weighted by atomic mass is 35.5. The summed E-state index contributed by atoms with van der Waals surface area (Å²) in [5, 5.41) is 0.818. The van der Waals surface area contributed by atoms with Crippen molar-refractivity contribution in [3.8, 4) is 0 Å². The molecule has 31 heavy (non-hydrogen) atoms. The van der Waals surface area contributed by atoms with Crippen LogP contribution in [0.2, 0.25) is 5.02 Å². The third-order valence-corrected chi connectivity index (χ3v) is 8.26. The summed E-state index contributed by atoms with van der Waals surface area (Å²) in [5.41, 5.74) is 3.02. The second-order valence-electron chi connectivity index (χ2n) is 10.7. The first-order chi connectivity index (χ1) is 14.9. The Bertz CT molecular complexity index is 767. The molecule has 2 nitrogen and oxygen atoms in total. The zero-order chi connectivity index (χ0) is 21.8. The summed E-state index contributed by atoms with van der Waals surface area (Å²) in [4.78, 5) is 2.79. The molecule has 1 aromatic carbocycles. The first kappa shape index (κ1) is 23.1. The predicted octanol–water partition coefficient (Wildman–Crippen LogP) is 7.04. The number of halogens is 1. The maximum absolute atomic E-state index is 6.17. The van der Waals surface area contributed by atoms with Crippen LogP contribution in [0.25, 0.3) is 0 Å². The third-order valence-electron chi connectivity index (χ3n) is 8.00. The lowest BCUT2D eigenvalue weighted by molar-refractivity contribution is 0.0255. The molecule has 2 atom stereocenters. The molecule has 3 heteroatoms. The molecular weight excluding hydrogens is 402 g/mol. The van der Waals surface area contributed by atoms with E-state index in [0.29, 0.717) is 12.0 Å². The van der Waals surface area contributed by atoms with Crippen molar-refractivity contribution in [3.63, 3.8) is 0 Å². The molecule has 0 amide bonds. The molecule has 2 saturated heterocycles. The standard InChI is InChI=1S/C28H40ClNO/c1-21-4-6-24(7-5-21)27(20-28(2,3)25-8-10-26(29)11-9-25)30-16-12-22(13-17-30)23-14-18-31-19-15-23/h4,6-11,21-23,27H,5,12-20H2,1-3H3. The number of hydrogen-bond acceptors (Lipinski definition) is 2. The molecule has 3 aliphatic rings. The lowest BCUT2D eigenvalue weighted by atomic mass is 9.75. The van der Waals surface area contributed by atoms with Gasteiger partial charge >= 0.3 is 0 Å². The van der Waals surface area contributed by atoms with E-state index < -0.39 is 0 Å². The zero-order valence-electron chi connectivity index (χ0n) is 19.7. The summed E-state index contributed by atoms with van der Waals surface area (Å²) in [6, 6.07) is 8.99. The molecular formula is C28H40ClNO. The van der Waals surface area contributed by atoms with E-state index in [1.165, 1.54) is 56.3 Å². The van der Waals surface area contributed by atoms with E-state index in [1.54, 1.807) is 0 Å². The molecule has 0 N–H and O–H groups in total. The number of ether oxygens (including phenoxy) is 1. The molecule has 2 heterocycles. The molecule has 2 unspecified atom stereocenters. The smallest absolute Gasteiger partial charge is 0.0468 e. The molecule has 2 aliphatic heterocycles. The van der Waals surface area contributed by atoms with Gasteiger partial charge in [0.05, 0.1) is 0 Å². The number of nitrogens with zero attached hydrogens (tertiary/aromatic N) is 1. The normalized spacial score (nSPS) is 25.4. The molecule has 0 bridgehead atoms. The number of benzene rings is 1. The molecule has 2 fully saturated rings. The van der Waals surface area contributed by atoms with Gasteiger partial charge in [-0.2, -0.15) is 0 Å². The van der Waals surface area contributed by atoms with Gasteiger partial charge < -0.3 is 4.74 Å². The van der Waals surface area contributed by atoms with Gasteiger partial charge in [0.2, 0.25) is 0 Å². The number of piperidine rings is 1. The number of hydrogen-bond donors (Lipinski definition) is 0. The average molecular weight is 442 g/mol. The van der Waals surface area contributed by atoms with Gasteiger partial charge in [-0.3, -0.25) is 4.90 Å². The van der Waals surface area contributed by atoms with Gasteiger partial charge in [-0.1, -0.05) is 62.7 Å². The van der Waals surface area contributed by atoms with Crippen molar-refractivity contribution in [2.45, 2.75) is 70.8 Å². The van der Waals surface area contributed by atoms with Crippen molar-refractivity contribution < 1.29 is 4.74 Å². The Balaban J connectivity index is 1.48. The van der Waals surface area contributed by atoms with Gasteiger partial charge in [0.15, 0.2) is 0 Å². The quantitative estimate of drug-likeness (QED) is 0.469. The zero-order valence-corrected chi connectivity index (χ0v) is 20.4. The molecule has 170 valence electrons. The first-order valence-corrected chi connectivity index (χ1v) is 12.8. The second-order valence-corrected chi connectivity index (χ2v) is 11.1. The van der Waals surface area contributed by atoms with Crippen LogP contribution in [0.4, 0.5) is 0 Å². The second kappa shape index (κ2) is 10.2. The summed E-state index contributed by atoms with van der Waals surface area (Å²) in [6.07, 6.45) is 14.9. The van der Waals surface area contributed by atoms with Crippen LogP contribution < -0.4 is 0 Å². The van der Waals surface area contributed by atoms with E-state index >= 15 is 0 Å². The van der Waals surface area contributed by atoms with Crippen LogP contribution in [-0.4, -0.2) is 37.2 Å². The Morgan fingerprint density at radius 3 is 2.29 bits per heavy atom. The van der Waals surface area contributed by atoms with Gasteiger partial charge in [-0.25, -0.2) is 0 Å². The molecule has 0 saturated carbocycles. The number of rotatable bonds is 6. The number of allylic oxidation sites excluding steroid dienone is 2. The highest BCUT2D eigenvalue weighted by molar-refractivity contribution is 6.30. The Morgan fingerprint density at radius 2 is 1.68 bits per heavy atom. The van der Waals surface area contributed by atoms with Crippen LogP contribution in [-0.2, 0) is 10.2 Å². The minimum absolute atomic E-state index is 0.102. The van der Waals surface area contributed by atoms with Gasteiger partial charge in [0.25, 0.3) is 0 Å². The average Bonchev–Trinajstić information content (AvgIpc) is 2.79. The van der Waals surface area contributed by atoms with Crippen molar-refractivity contribution >= 4 is 11.6 Å². The molecule has 4 rings (SSSR count). The first-order valence-electron chi connectivity index (χ1n) is 12.4. The van der Waals surface area contributed by atoms with Crippen LogP contribution >= 0.6 is 11.6 Å². The monoisotopic (exact) mass is 441 g/mol. The highest BCUT2D eigenvalue weighted by Crippen LogP contribution is 2.38. The molecule has 0 aromatic heterocycles. The van der Waals surface area contributed by atoms with Crippen LogP contribution in [0.3, 0.4) is 0 Å². The van der Waals surface area contributed by atoms with Gasteiger partial charge in [0.1, 0.15) is 0 Å². The fourth-order valence-electron chi connectivity index (χ4n) is 5.84. The van der Waals surface area contributed by atoms with E-state index in [2.05, 4.69) is 56.0 Å². The summed E-state index contributed by atoms with van der Waals surface area (Å²) in [7, 11) is 0. The minimum atomic E-state index is 0.102. The summed E-state index contributed by atoms with van der Waals surface area (Å²) >= 11 is 6.17. The van der Waals surface area contributed by atoms with Crippen molar-refractivity contribution in [2.24, 2.45) is 17.8 Å². The molecule has 0 radical (unpaired) electrons. The van der Waals surface area contributed by atoms with E-state index in [0.717, 1.165) is 36.5 Å². The lowest BCUT2D eigenvalue weighted by Gasteiger charge is -2.44. The van der Waals surface area contributed by atoms with Gasteiger partial charge in [-0.05, 0) is 98.1 Å². The Labute approximate surface area is 194 Å². The maximum atomic E-state index is 6.17. The van der Waals surface area contributed by atoms with Crippen LogP contribution in [0, 0.1) is 17.8 Å². The number of likely N-dealkylation sites (tertiary alicyclic amines) is 1. The molecule has 0 spiro atoms. The molecule has 1 aliphatic carbocycles.